The maximum Gasteiger partial charge on any atom is 0.492 e. The molecule has 1 aromatic carbocycles. The molecule has 1 saturated heterocycles. The second-order valence-corrected chi connectivity index (χ2v) is 9.81. The van der Waals surface area contributed by atoms with Crippen LogP contribution in [0.2, 0.25) is 5.02 Å². The maximum absolute atomic E-state index is 13.0. The Hall–Kier alpha value is -1.71. The predicted molar refractivity (Wildman–Crippen MR) is 115 cm³/mol. The molecule has 1 aliphatic rings. The predicted octanol–water partition coefficient (Wildman–Crippen LogP) is 5.90. The van der Waals surface area contributed by atoms with Gasteiger partial charge in [0, 0.05) is 6.54 Å². The molecule has 2 rings (SSSR count). The molecule has 1 N–H and O–H groups in total. The number of alkyl halides is 3. The molecule has 31 heavy (non-hydrogen) atoms. The molecule has 10 heteroatoms. The van der Waals surface area contributed by atoms with Gasteiger partial charge >= 0.3 is 19.4 Å². The van der Waals surface area contributed by atoms with E-state index in [1.54, 1.807) is 26.8 Å². The molecule has 0 unspecified atom stereocenters. The van der Waals surface area contributed by atoms with Gasteiger partial charge in [0.15, 0.2) is 0 Å². The van der Waals surface area contributed by atoms with Gasteiger partial charge in [-0.2, -0.15) is 13.2 Å². The van der Waals surface area contributed by atoms with E-state index in [1.807, 2.05) is 27.7 Å². The number of hydrogen-bond acceptors (Lipinski definition) is 4. The highest BCUT2D eigenvalue weighted by Crippen LogP contribution is 2.39. The lowest BCUT2D eigenvalue weighted by Crippen LogP contribution is -2.41. The number of alkyl carbamates (subject to hydrolysis) is 1. The molecule has 5 nitrogen and oxygen atoms in total. The molecule has 0 aromatic heterocycles. The van der Waals surface area contributed by atoms with Crippen molar-refractivity contribution in [3.05, 3.63) is 39.8 Å². The van der Waals surface area contributed by atoms with Crippen molar-refractivity contribution in [2.75, 3.05) is 6.54 Å². The van der Waals surface area contributed by atoms with E-state index in [-0.39, 0.29) is 6.54 Å². The zero-order valence-electron chi connectivity index (χ0n) is 18.7. The van der Waals surface area contributed by atoms with Crippen LogP contribution in [0.5, 0.6) is 0 Å². The number of nitrogens with one attached hydrogen (secondary N) is 1. The van der Waals surface area contributed by atoms with Crippen LogP contribution < -0.4 is 5.32 Å². The molecule has 0 atom stereocenters. The second-order valence-electron chi connectivity index (χ2n) is 9.40. The summed E-state index contributed by atoms with van der Waals surface area (Å²) in [7, 11) is -0.819. The molecule has 1 aliphatic heterocycles. The molecule has 0 radical (unpaired) electrons. The number of rotatable bonds is 4. The van der Waals surface area contributed by atoms with Crippen molar-refractivity contribution in [3.63, 3.8) is 0 Å². The first kappa shape index (κ1) is 25.6. The fraction of sp³-hybridized carbons (Fsp3) is 0.571. The van der Waals surface area contributed by atoms with Crippen molar-refractivity contribution >= 4 is 30.9 Å². The van der Waals surface area contributed by atoms with Crippen molar-refractivity contribution in [2.45, 2.75) is 71.4 Å². The summed E-state index contributed by atoms with van der Waals surface area (Å²) < 4.78 is 56.3. The lowest BCUT2D eigenvalue weighted by molar-refractivity contribution is -0.137. The highest BCUT2D eigenvalue weighted by molar-refractivity contribution is 6.56. The SMILES string of the molecule is CC(C)(C)OC(=O)NCC(=Cc1ccc(C(F)(F)F)c(Cl)c1)B1OC(C)(C)C(C)(C)O1. The van der Waals surface area contributed by atoms with Crippen LogP contribution in [0.25, 0.3) is 6.08 Å². The minimum atomic E-state index is -4.55. The van der Waals surface area contributed by atoms with Gasteiger partial charge in [-0.1, -0.05) is 23.7 Å². The monoisotopic (exact) mass is 461 g/mol. The summed E-state index contributed by atoms with van der Waals surface area (Å²) >= 11 is 5.85. The summed E-state index contributed by atoms with van der Waals surface area (Å²) in [5.74, 6) is 0. The van der Waals surface area contributed by atoms with Crippen molar-refractivity contribution in [2.24, 2.45) is 0 Å². The molecule has 0 saturated carbocycles. The Balaban J connectivity index is 2.34. The molecule has 1 heterocycles. The fourth-order valence-corrected chi connectivity index (χ4v) is 3.05. The average Bonchev–Trinajstić information content (AvgIpc) is 2.76. The molecule has 1 fully saturated rings. The third-order valence-electron chi connectivity index (χ3n) is 5.04. The second kappa shape index (κ2) is 8.67. The smallest absolute Gasteiger partial charge is 0.444 e. The Morgan fingerprint density at radius 2 is 1.71 bits per heavy atom. The third-order valence-corrected chi connectivity index (χ3v) is 5.36. The highest BCUT2D eigenvalue weighted by atomic mass is 35.5. The molecule has 1 amide bonds. The third kappa shape index (κ3) is 6.64. The number of ether oxygens (including phenoxy) is 1. The average molecular weight is 462 g/mol. The van der Waals surface area contributed by atoms with Crippen LogP contribution in [0.4, 0.5) is 18.0 Å². The van der Waals surface area contributed by atoms with Crippen LogP contribution >= 0.6 is 11.6 Å². The van der Waals surface area contributed by atoms with E-state index < -0.39 is 46.8 Å². The summed E-state index contributed by atoms with van der Waals surface area (Å²) in [6, 6.07) is 3.42. The summed E-state index contributed by atoms with van der Waals surface area (Å²) in [6.07, 6.45) is -3.60. The molecular formula is C21H28BClF3NO4. The van der Waals surface area contributed by atoms with Gasteiger partial charge in [0.1, 0.15) is 5.60 Å². The van der Waals surface area contributed by atoms with Crippen LogP contribution in [0.15, 0.2) is 23.7 Å². The van der Waals surface area contributed by atoms with Crippen molar-refractivity contribution in [1.82, 2.24) is 5.32 Å². The Kier molecular flexibility index (Phi) is 7.15. The van der Waals surface area contributed by atoms with Crippen LogP contribution in [0, 0.1) is 0 Å². The van der Waals surface area contributed by atoms with Gasteiger partial charge in [0.25, 0.3) is 0 Å². The van der Waals surface area contributed by atoms with Crippen LogP contribution in [0.3, 0.4) is 0 Å². The zero-order valence-corrected chi connectivity index (χ0v) is 19.5. The molecule has 1 aromatic rings. The van der Waals surface area contributed by atoms with Crippen molar-refractivity contribution in [1.29, 1.82) is 0 Å². The summed E-state index contributed by atoms with van der Waals surface area (Å²) in [5.41, 5.74) is -1.97. The normalized spacial score (nSPS) is 18.8. The molecule has 172 valence electrons. The topological polar surface area (TPSA) is 56.8 Å². The fourth-order valence-electron chi connectivity index (χ4n) is 2.75. The Bertz CT molecular complexity index is 847. The summed E-state index contributed by atoms with van der Waals surface area (Å²) in [5, 5.41) is 2.22. The first-order chi connectivity index (χ1) is 13.9. The quantitative estimate of drug-likeness (QED) is 0.567. The number of halogens is 4. The Labute approximate surface area is 186 Å². The van der Waals surface area contributed by atoms with E-state index in [9.17, 15) is 18.0 Å². The lowest BCUT2D eigenvalue weighted by Gasteiger charge is -2.32. The number of carbonyl (C=O) groups excluding carboxylic acids is 1. The Morgan fingerprint density at radius 1 is 1.16 bits per heavy atom. The summed E-state index contributed by atoms with van der Waals surface area (Å²) in [6.45, 7) is 12.7. The van der Waals surface area contributed by atoms with E-state index in [0.29, 0.717) is 11.0 Å². The van der Waals surface area contributed by atoms with Crippen molar-refractivity contribution < 1.29 is 32.0 Å². The number of amides is 1. The molecule has 0 bridgehead atoms. The minimum absolute atomic E-state index is 0.00435. The Morgan fingerprint density at radius 3 is 2.16 bits per heavy atom. The van der Waals surface area contributed by atoms with E-state index in [2.05, 4.69) is 5.32 Å². The van der Waals surface area contributed by atoms with Gasteiger partial charge in [-0.3, -0.25) is 0 Å². The van der Waals surface area contributed by atoms with Gasteiger partial charge < -0.3 is 19.4 Å². The van der Waals surface area contributed by atoms with Crippen LogP contribution in [-0.2, 0) is 20.2 Å². The van der Waals surface area contributed by atoms with E-state index in [0.717, 1.165) is 6.07 Å². The maximum atomic E-state index is 13.0. The summed E-state index contributed by atoms with van der Waals surface area (Å²) in [4.78, 5) is 12.1. The molecule has 0 aliphatic carbocycles. The minimum Gasteiger partial charge on any atom is -0.444 e. The number of benzene rings is 1. The number of hydrogen-bond donors (Lipinski definition) is 1. The van der Waals surface area contributed by atoms with Gasteiger partial charge in [-0.05, 0) is 71.6 Å². The van der Waals surface area contributed by atoms with E-state index >= 15 is 0 Å². The van der Waals surface area contributed by atoms with Crippen LogP contribution in [-0.4, -0.2) is 36.6 Å². The van der Waals surface area contributed by atoms with Gasteiger partial charge in [-0.25, -0.2) is 4.79 Å². The molecular weight excluding hydrogens is 433 g/mol. The van der Waals surface area contributed by atoms with Gasteiger partial charge in [0.05, 0.1) is 21.8 Å². The van der Waals surface area contributed by atoms with Crippen LogP contribution in [0.1, 0.15) is 59.6 Å². The highest BCUT2D eigenvalue weighted by Gasteiger charge is 2.52. The van der Waals surface area contributed by atoms with Crippen molar-refractivity contribution in [3.8, 4) is 0 Å². The van der Waals surface area contributed by atoms with Gasteiger partial charge in [0.2, 0.25) is 0 Å². The van der Waals surface area contributed by atoms with E-state index in [4.69, 9.17) is 25.6 Å². The first-order valence-electron chi connectivity index (χ1n) is 9.81. The zero-order chi connectivity index (χ0) is 23.8. The largest absolute Gasteiger partial charge is 0.492 e. The van der Waals surface area contributed by atoms with E-state index in [1.165, 1.54) is 12.1 Å². The first-order valence-corrected chi connectivity index (χ1v) is 10.2. The molecule has 0 spiro atoms. The van der Waals surface area contributed by atoms with Gasteiger partial charge in [-0.15, -0.1) is 0 Å². The standard InChI is InChI=1S/C21H28BClF3NO4/c1-18(2,3)29-17(28)27-12-14(22-30-19(4,5)20(6,7)31-22)10-13-8-9-15(16(23)11-13)21(24,25)26/h8-11H,12H2,1-7H3,(H,27,28). The number of carbonyl (C=O) groups is 1. The lowest BCUT2D eigenvalue weighted by atomic mass is 9.77.